The van der Waals surface area contributed by atoms with E-state index in [1.807, 2.05) is 6.92 Å². The number of anilines is 1. The lowest BCUT2D eigenvalue weighted by molar-refractivity contribution is -0.117. The zero-order valence-electron chi connectivity index (χ0n) is 24.8. The first-order valence-electron chi connectivity index (χ1n) is 13.8. The van der Waals surface area contributed by atoms with Crippen LogP contribution < -0.4 is 25.2 Å². The Balaban J connectivity index is 0.000000292. The number of amides is 2. The number of carbonyl (C=O) groups is 2. The van der Waals surface area contributed by atoms with Crippen molar-refractivity contribution in [1.29, 1.82) is 0 Å². The van der Waals surface area contributed by atoms with Gasteiger partial charge in [0.15, 0.2) is 0 Å². The smallest absolute Gasteiger partial charge is 0.387 e. The monoisotopic (exact) mass is 621 g/mol. The number of aromatic nitrogens is 1. The van der Waals surface area contributed by atoms with Crippen molar-refractivity contribution in [2.24, 2.45) is 0 Å². The van der Waals surface area contributed by atoms with Crippen molar-refractivity contribution in [3.63, 3.8) is 0 Å². The average Bonchev–Trinajstić information content (AvgIpc) is 3.32. The fourth-order valence-corrected chi connectivity index (χ4v) is 4.68. The molecule has 2 unspecified atom stereocenters. The Kier molecular flexibility index (Phi) is 12.3. The third kappa shape index (κ3) is 8.82. The molecule has 2 fully saturated rings. The molecule has 2 aromatic carbocycles. The van der Waals surface area contributed by atoms with E-state index in [1.165, 1.54) is 28.7 Å². The van der Waals surface area contributed by atoms with Gasteiger partial charge in [0.2, 0.25) is 12.3 Å². The van der Waals surface area contributed by atoms with Crippen LogP contribution in [0.2, 0.25) is 0 Å². The zero-order valence-corrected chi connectivity index (χ0v) is 24.8. The Hall–Kier alpha value is -4.39. The predicted molar refractivity (Wildman–Crippen MR) is 155 cm³/mol. The molecule has 0 aliphatic carbocycles. The standard InChI is InChI=1S/C21H22F2N2O4.C8H8F2O.C2H5NO/c1-12-3-5-24(11-14-4-6-29-14)21(27)20(12)25-10-13(7-18(25)26)19-16(22)8-15(28-2)9-17(19)23;1-6-2-4-7(5-3-6)11-8(9)10;1-3-2-4/h3,5,8-9,13-14H,4,6-7,10-11H2,1-2H3;2-5,8H,1H3;2H,1H3,(H,3,4). The van der Waals surface area contributed by atoms with Crippen LogP contribution in [0, 0.1) is 25.5 Å². The normalized spacial score (nSPS) is 17.1. The summed E-state index contributed by atoms with van der Waals surface area (Å²) in [6.45, 7) is 2.03. The third-order valence-corrected chi connectivity index (χ3v) is 6.99. The lowest BCUT2D eigenvalue weighted by Gasteiger charge is -2.28. The number of rotatable bonds is 8. The van der Waals surface area contributed by atoms with Gasteiger partial charge in [-0.15, -0.1) is 0 Å². The molecule has 2 aliphatic rings. The summed E-state index contributed by atoms with van der Waals surface area (Å²) in [4.78, 5) is 36.1. The highest BCUT2D eigenvalue weighted by Crippen LogP contribution is 2.36. The van der Waals surface area contributed by atoms with Crippen LogP contribution in [0.15, 0.2) is 53.5 Å². The number of halogens is 4. The van der Waals surface area contributed by atoms with Crippen LogP contribution in [0.3, 0.4) is 0 Å². The number of pyridine rings is 1. The Morgan fingerprint density at radius 1 is 1.07 bits per heavy atom. The largest absolute Gasteiger partial charge is 0.497 e. The fraction of sp³-hybridized carbons (Fsp3) is 0.387. The third-order valence-electron chi connectivity index (χ3n) is 6.99. The first-order valence-corrected chi connectivity index (χ1v) is 13.8. The molecule has 3 heterocycles. The number of nitrogens with one attached hydrogen (secondary N) is 1. The molecular formula is C31H35F4N3O6. The second kappa shape index (κ2) is 15.9. The summed E-state index contributed by atoms with van der Waals surface area (Å²) in [5.41, 5.74) is 1.47. The molecule has 1 aromatic heterocycles. The minimum Gasteiger partial charge on any atom is -0.497 e. The second-order valence-electron chi connectivity index (χ2n) is 10.1. The van der Waals surface area contributed by atoms with E-state index in [4.69, 9.17) is 14.3 Å². The van der Waals surface area contributed by atoms with Crippen LogP contribution in [0.4, 0.5) is 23.2 Å². The van der Waals surface area contributed by atoms with Gasteiger partial charge in [-0.2, -0.15) is 8.78 Å². The van der Waals surface area contributed by atoms with Gasteiger partial charge in [-0.05, 0) is 44.0 Å². The number of aryl methyl sites for hydroxylation is 2. The fourth-order valence-electron chi connectivity index (χ4n) is 4.68. The van der Waals surface area contributed by atoms with Gasteiger partial charge in [0.25, 0.3) is 5.56 Å². The Morgan fingerprint density at radius 2 is 1.68 bits per heavy atom. The van der Waals surface area contributed by atoms with E-state index in [0.717, 1.165) is 24.1 Å². The molecule has 2 saturated heterocycles. The maximum absolute atomic E-state index is 14.5. The summed E-state index contributed by atoms with van der Waals surface area (Å²) in [6.07, 6.45) is 3.12. The number of alkyl halides is 2. The maximum Gasteiger partial charge on any atom is 0.387 e. The lowest BCUT2D eigenvalue weighted by atomic mass is 9.97. The topological polar surface area (TPSA) is 99.1 Å². The molecular weight excluding hydrogens is 586 g/mol. The zero-order chi connectivity index (χ0) is 32.4. The number of ether oxygens (including phenoxy) is 3. The average molecular weight is 622 g/mol. The maximum atomic E-state index is 14.5. The van der Waals surface area contributed by atoms with Gasteiger partial charge in [0.1, 0.15) is 28.8 Å². The Labute approximate surface area is 252 Å². The molecule has 1 N–H and O–H groups in total. The highest BCUT2D eigenvalue weighted by molar-refractivity contribution is 5.97. The van der Waals surface area contributed by atoms with Crippen LogP contribution >= 0.6 is 0 Å². The summed E-state index contributed by atoms with van der Waals surface area (Å²) < 4.78 is 68.1. The molecule has 0 bridgehead atoms. The molecule has 9 nitrogen and oxygen atoms in total. The molecule has 44 heavy (non-hydrogen) atoms. The van der Waals surface area contributed by atoms with Gasteiger partial charge in [0, 0.05) is 56.4 Å². The van der Waals surface area contributed by atoms with E-state index in [9.17, 15) is 27.2 Å². The number of carbonyl (C=O) groups excluding carboxylic acids is 2. The van der Waals surface area contributed by atoms with E-state index >= 15 is 0 Å². The lowest BCUT2D eigenvalue weighted by Crippen LogP contribution is -2.38. The molecule has 2 aliphatic heterocycles. The van der Waals surface area contributed by atoms with Gasteiger partial charge in [0.05, 0.1) is 19.8 Å². The summed E-state index contributed by atoms with van der Waals surface area (Å²) in [7, 11) is 2.89. The molecule has 0 saturated carbocycles. The number of nitrogens with zero attached hydrogens (tertiary/aromatic N) is 2. The van der Waals surface area contributed by atoms with Crippen LogP contribution in [-0.2, 0) is 20.9 Å². The van der Waals surface area contributed by atoms with E-state index in [1.54, 1.807) is 38.4 Å². The molecule has 5 rings (SSSR count). The summed E-state index contributed by atoms with van der Waals surface area (Å²) in [5.74, 6) is -2.26. The number of hydrogen-bond donors (Lipinski definition) is 1. The predicted octanol–water partition coefficient (Wildman–Crippen LogP) is 4.71. The first-order chi connectivity index (χ1) is 21.0. The van der Waals surface area contributed by atoms with Crippen LogP contribution in [0.25, 0.3) is 0 Å². The van der Waals surface area contributed by atoms with Crippen molar-refractivity contribution in [3.8, 4) is 11.5 Å². The van der Waals surface area contributed by atoms with Crippen molar-refractivity contribution in [2.75, 3.05) is 32.2 Å². The van der Waals surface area contributed by atoms with Crippen molar-refractivity contribution >= 4 is 18.0 Å². The quantitative estimate of drug-likeness (QED) is 0.289. The summed E-state index contributed by atoms with van der Waals surface area (Å²) >= 11 is 0. The minimum atomic E-state index is -2.74. The van der Waals surface area contributed by atoms with Gasteiger partial charge in [-0.1, -0.05) is 17.7 Å². The van der Waals surface area contributed by atoms with Crippen molar-refractivity contribution in [3.05, 3.63) is 87.3 Å². The first kappa shape index (κ1) is 34.1. The molecule has 2 atom stereocenters. The van der Waals surface area contributed by atoms with E-state index in [0.29, 0.717) is 25.1 Å². The summed E-state index contributed by atoms with van der Waals surface area (Å²) in [6, 6.07) is 10.4. The van der Waals surface area contributed by atoms with Gasteiger partial charge in [-0.3, -0.25) is 14.4 Å². The van der Waals surface area contributed by atoms with Crippen molar-refractivity contribution < 1.29 is 41.4 Å². The minimum absolute atomic E-state index is 0.00669. The number of methoxy groups -OCH3 is 1. The highest BCUT2D eigenvalue weighted by Gasteiger charge is 2.37. The second-order valence-corrected chi connectivity index (χ2v) is 10.1. The van der Waals surface area contributed by atoms with Gasteiger partial charge in [-0.25, -0.2) is 8.78 Å². The van der Waals surface area contributed by atoms with Gasteiger partial charge < -0.3 is 29.0 Å². The number of benzene rings is 2. The molecule has 238 valence electrons. The van der Waals surface area contributed by atoms with E-state index < -0.39 is 24.2 Å². The van der Waals surface area contributed by atoms with Crippen LogP contribution in [-0.4, -0.2) is 56.9 Å². The van der Waals surface area contributed by atoms with Gasteiger partial charge >= 0.3 is 6.61 Å². The highest BCUT2D eigenvalue weighted by atomic mass is 19.3. The number of hydrogen-bond acceptors (Lipinski definition) is 6. The SMILES string of the molecule is CNC=O.COc1cc(F)c(C2CC(=O)N(c3c(C)ccn(CC4CCO4)c3=O)C2)c(F)c1.Cc1ccc(OC(F)F)cc1. The molecule has 3 aromatic rings. The Morgan fingerprint density at radius 3 is 2.18 bits per heavy atom. The molecule has 0 radical (unpaired) electrons. The van der Waals surface area contributed by atoms with Crippen LogP contribution in [0.1, 0.15) is 35.4 Å². The Bertz CT molecular complexity index is 1460. The van der Waals surface area contributed by atoms with Crippen molar-refractivity contribution in [2.45, 2.75) is 51.9 Å². The molecule has 13 heteroatoms. The van der Waals surface area contributed by atoms with Crippen molar-refractivity contribution in [1.82, 2.24) is 9.88 Å². The molecule has 0 spiro atoms. The van der Waals surface area contributed by atoms with E-state index in [2.05, 4.69) is 10.1 Å². The molecule has 2 amide bonds. The summed E-state index contributed by atoms with van der Waals surface area (Å²) in [5, 5.41) is 2.25. The van der Waals surface area contributed by atoms with E-state index in [-0.39, 0.29) is 53.3 Å². The van der Waals surface area contributed by atoms with Crippen LogP contribution in [0.5, 0.6) is 11.5 Å².